The highest BCUT2D eigenvalue weighted by Crippen LogP contribution is 2.71. The number of aliphatic hydroxyl groups excluding tert-OH is 1. The van der Waals surface area contributed by atoms with Crippen LogP contribution in [0.3, 0.4) is 0 Å². The standard InChI is InChI=1S/C44H55F2N3O7/c1-22-18-30-29-11-8-26-19-28(50)14-15-41(26,5)43(29,46)33(53)20-42(30,6)44(22,55)32(52)13-12-31(51)35-25(4)49(27-9-10-27)37-34(39(35)54)24(3)36(45)38(40(37)56-7)48-17-16-47-23(2)21-48/h14-15,19,22-23,27,29-30,33,47,53,55H,8-13,16-18,20-21H2,1-7H3/t22-,23?,29+,30+,33+,41+,42+,43+,44+/m1/s1. The highest BCUT2D eigenvalue weighted by Gasteiger charge is 2.75. The number of allylic oxidation sites excluding steroid dienone is 4. The zero-order valence-electron chi connectivity index (χ0n) is 33.6. The average molecular weight is 776 g/mol. The van der Waals surface area contributed by atoms with Gasteiger partial charge in [0.25, 0.3) is 0 Å². The van der Waals surface area contributed by atoms with Crippen molar-refractivity contribution >= 4 is 33.9 Å². The summed E-state index contributed by atoms with van der Waals surface area (Å²) >= 11 is 0. The van der Waals surface area contributed by atoms with Gasteiger partial charge in [0.05, 0.1) is 29.7 Å². The summed E-state index contributed by atoms with van der Waals surface area (Å²) in [5.74, 6) is -3.39. The first-order valence-electron chi connectivity index (χ1n) is 20.4. The molecule has 1 aromatic heterocycles. The highest BCUT2D eigenvalue weighted by atomic mass is 19.1. The number of rotatable bonds is 8. The predicted octanol–water partition coefficient (Wildman–Crippen LogP) is 5.78. The number of alkyl halides is 1. The van der Waals surface area contributed by atoms with Crippen molar-refractivity contribution < 1.29 is 38.1 Å². The monoisotopic (exact) mass is 775 g/mol. The zero-order valence-corrected chi connectivity index (χ0v) is 33.6. The Kier molecular flexibility index (Phi) is 9.18. The van der Waals surface area contributed by atoms with E-state index < -0.39 is 68.8 Å². The normalized spacial score (nSPS) is 36.6. The van der Waals surface area contributed by atoms with Gasteiger partial charge in [0.2, 0.25) is 5.43 Å². The number of fused-ring (bicyclic) bond motifs is 6. The molecule has 4 saturated carbocycles. The summed E-state index contributed by atoms with van der Waals surface area (Å²) in [7, 11) is 1.47. The van der Waals surface area contributed by atoms with Gasteiger partial charge in [0.15, 0.2) is 34.6 Å². The van der Waals surface area contributed by atoms with Crippen molar-refractivity contribution in [2.75, 3.05) is 31.6 Å². The van der Waals surface area contributed by atoms with Crippen molar-refractivity contribution in [2.45, 2.75) is 122 Å². The van der Waals surface area contributed by atoms with E-state index in [0.29, 0.717) is 61.4 Å². The number of aryl methyl sites for hydroxylation is 1. The Balaban J connectivity index is 1.12. The number of piperazine rings is 1. The summed E-state index contributed by atoms with van der Waals surface area (Å²) in [6.45, 7) is 12.3. The second-order valence-electron chi connectivity index (χ2n) is 18.3. The van der Waals surface area contributed by atoms with Gasteiger partial charge in [-0.25, -0.2) is 8.78 Å². The van der Waals surface area contributed by atoms with Crippen LogP contribution in [0, 0.1) is 48.2 Å². The molecule has 0 spiro atoms. The maximum Gasteiger partial charge on any atom is 0.200 e. The Morgan fingerprint density at radius 1 is 1.09 bits per heavy atom. The number of nitrogens with zero attached hydrogens (tertiary/aromatic N) is 2. The summed E-state index contributed by atoms with van der Waals surface area (Å²) in [5, 5.41) is 27.7. The van der Waals surface area contributed by atoms with Crippen molar-refractivity contribution in [1.82, 2.24) is 9.88 Å². The molecule has 56 heavy (non-hydrogen) atoms. The number of hydrogen-bond donors (Lipinski definition) is 3. The lowest BCUT2D eigenvalue weighted by atomic mass is 9.44. The lowest BCUT2D eigenvalue weighted by molar-refractivity contribution is -0.218. The van der Waals surface area contributed by atoms with E-state index in [9.17, 15) is 29.4 Å². The summed E-state index contributed by atoms with van der Waals surface area (Å²) < 4.78 is 42.0. The molecule has 0 amide bonds. The molecule has 0 bridgehead atoms. The number of aromatic nitrogens is 1. The van der Waals surface area contributed by atoms with Gasteiger partial charge in [-0.1, -0.05) is 25.5 Å². The van der Waals surface area contributed by atoms with Crippen LogP contribution in [0.5, 0.6) is 5.75 Å². The Labute approximate surface area is 326 Å². The lowest BCUT2D eigenvalue weighted by Crippen LogP contribution is -2.69. The molecule has 1 aromatic carbocycles. The van der Waals surface area contributed by atoms with Crippen LogP contribution in [-0.2, 0) is 9.59 Å². The number of aliphatic hydroxyl groups is 2. The molecule has 1 unspecified atom stereocenters. The molecule has 8 rings (SSSR count). The Morgan fingerprint density at radius 2 is 1.80 bits per heavy atom. The quantitative estimate of drug-likeness (QED) is 0.285. The number of pyridine rings is 1. The fraction of sp³-hybridized carbons (Fsp3) is 0.636. The first-order valence-corrected chi connectivity index (χ1v) is 20.4. The first-order chi connectivity index (χ1) is 26.4. The summed E-state index contributed by atoms with van der Waals surface area (Å²) in [4.78, 5) is 57.3. The van der Waals surface area contributed by atoms with Crippen LogP contribution >= 0.6 is 0 Å². The molecular formula is C44H55F2N3O7. The van der Waals surface area contributed by atoms with E-state index in [1.807, 2.05) is 16.4 Å². The topological polar surface area (TPSA) is 138 Å². The molecule has 12 heteroatoms. The van der Waals surface area contributed by atoms with E-state index in [4.69, 9.17) is 4.74 Å². The fourth-order valence-electron chi connectivity index (χ4n) is 12.3. The number of benzene rings is 1. The number of ketones is 3. The van der Waals surface area contributed by atoms with Crippen LogP contribution in [-0.4, -0.2) is 82.3 Å². The Morgan fingerprint density at radius 3 is 2.46 bits per heavy atom. The van der Waals surface area contributed by atoms with Gasteiger partial charge in [-0.2, -0.15) is 0 Å². The molecule has 1 aliphatic heterocycles. The minimum absolute atomic E-state index is 0.0182. The minimum Gasteiger partial charge on any atom is -0.492 e. The van der Waals surface area contributed by atoms with Crippen LogP contribution in [0.15, 0.2) is 28.6 Å². The first kappa shape index (κ1) is 39.1. The fourth-order valence-corrected chi connectivity index (χ4v) is 12.3. The lowest BCUT2D eigenvalue weighted by Gasteiger charge is -2.62. The number of carbonyl (C=O) groups excluding carboxylic acids is 3. The molecule has 9 atom stereocenters. The number of anilines is 1. The molecule has 2 aromatic rings. The van der Waals surface area contributed by atoms with Gasteiger partial charge in [0, 0.05) is 72.6 Å². The molecular weight excluding hydrogens is 720 g/mol. The van der Waals surface area contributed by atoms with E-state index >= 15 is 8.78 Å². The largest absolute Gasteiger partial charge is 0.492 e. The molecule has 1 saturated heterocycles. The number of methoxy groups -OCH3 is 1. The number of halogens is 2. The maximum absolute atomic E-state index is 17.7. The van der Waals surface area contributed by atoms with Crippen LogP contribution in [0.25, 0.3) is 10.9 Å². The van der Waals surface area contributed by atoms with Gasteiger partial charge < -0.3 is 29.7 Å². The molecule has 5 fully saturated rings. The molecule has 2 heterocycles. The van der Waals surface area contributed by atoms with E-state index in [1.165, 1.54) is 19.3 Å². The number of ether oxygens (including phenoxy) is 1. The molecule has 302 valence electrons. The van der Waals surface area contributed by atoms with Crippen molar-refractivity contribution in [2.24, 2.45) is 28.6 Å². The van der Waals surface area contributed by atoms with Crippen molar-refractivity contribution in [1.29, 1.82) is 0 Å². The van der Waals surface area contributed by atoms with Crippen LogP contribution < -0.4 is 20.4 Å². The summed E-state index contributed by atoms with van der Waals surface area (Å²) in [6.07, 6.45) is 4.79. The summed E-state index contributed by atoms with van der Waals surface area (Å²) in [6, 6.07) is 0.0943. The maximum atomic E-state index is 17.7. The average Bonchev–Trinajstić information content (AvgIpc) is 3.96. The number of carbonyl (C=O) groups is 3. The van der Waals surface area contributed by atoms with E-state index in [-0.39, 0.29) is 59.4 Å². The van der Waals surface area contributed by atoms with Crippen molar-refractivity contribution in [3.05, 3.63) is 56.7 Å². The van der Waals surface area contributed by atoms with Crippen LogP contribution in [0.1, 0.15) is 107 Å². The Bertz CT molecular complexity index is 2190. The van der Waals surface area contributed by atoms with Gasteiger partial charge in [-0.15, -0.1) is 0 Å². The number of nitrogens with one attached hydrogen (secondary N) is 1. The van der Waals surface area contributed by atoms with E-state index in [1.54, 1.807) is 40.7 Å². The van der Waals surface area contributed by atoms with Gasteiger partial charge >= 0.3 is 0 Å². The molecule has 5 aliphatic carbocycles. The second kappa shape index (κ2) is 13.1. The molecule has 6 aliphatic rings. The molecule has 3 N–H and O–H groups in total. The Hall–Kier alpha value is -3.74. The summed E-state index contributed by atoms with van der Waals surface area (Å²) in [5.41, 5.74) is -5.21. The number of hydrogen-bond acceptors (Lipinski definition) is 9. The van der Waals surface area contributed by atoms with Crippen molar-refractivity contribution in [3.8, 4) is 5.75 Å². The van der Waals surface area contributed by atoms with Crippen LogP contribution in [0.2, 0.25) is 0 Å². The molecule has 10 nitrogen and oxygen atoms in total. The van der Waals surface area contributed by atoms with Gasteiger partial charge in [0.1, 0.15) is 11.3 Å². The second-order valence-corrected chi connectivity index (χ2v) is 18.3. The highest BCUT2D eigenvalue weighted by molar-refractivity contribution is 6.05. The van der Waals surface area contributed by atoms with Gasteiger partial charge in [-0.3, -0.25) is 19.2 Å². The van der Waals surface area contributed by atoms with E-state index in [0.717, 1.165) is 12.8 Å². The predicted molar refractivity (Wildman–Crippen MR) is 209 cm³/mol. The van der Waals surface area contributed by atoms with Gasteiger partial charge in [-0.05, 0) is 90.2 Å². The third kappa shape index (κ3) is 5.13. The van der Waals surface area contributed by atoms with E-state index in [2.05, 4.69) is 5.32 Å². The SMILES string of the molecule is COc1c(N2CCNC(C)C2)c(F)c(C)c2c(=O)c(C(=O)CCC(=O)[C@@]3(O)[C@H](C)C[C@H]4[C@@H]5CCC6=CC(=O)C=C[C@]6(C)[C@@]5(F)[C@@H](O)C[C@@]43C)c(C)n(C3CC3)c12. The smallest absolute Gasteiger partial charge is 0.200 e. The minimum atomic E-state index is -2.11. The third-order valence-corrected chi connectivity index (χ3v) is 15.3. The van der Waals surface area contributed by atoms with Crippen LogP contribution in [0.4, 0.5) is 14.5 Å². The third-order valence-electron chi connectivity index (χ3n) is 15.3. The zero-order chi connectivity index (χ0) is 40.4. The molecule has 0 radical (unpaired) electrons. The van der Waals surface area contributed by atoms with Crippen molar-refractivity contribution in [3.63, 3.8) is 0 Å². The number of Topliss-reactive ketones (excluding diaryl/α,β-unsaturated/α-hetero) is 2.